The van der Waals surface area contributed by atoms with Crippen LogP contribution in [0.1, 0.15) is 40.5 Å². The van der Waals surface area contributed by atoms with Crippen LogP contribution in [0.4, 0.5) is 0 Å². The highest BCUT2D eigenvalue weighted by Gasteiger charge is 2.38. The molecule has 1 fully saturated rings. The van der Waals surface area contributed by atoms with E-state index >= 15 is 0 Å². The molecule has 1 heterocycles. The molecule has 0 spiro atoms. The zero-order chi connectivity index (χ0) is 14.6. The van der Waals surface area contributed by atoms with Crippen molar-refractivity contribution in [1.82, 2.24) is 5.32 Å². The van der Waals surface area contributed by atoms with E-state index in [1.54, 1.807) is 0 Å². The van der Waals surface area contributed by atoms with Gasteiger partial charge in [0.1, 0.15) is 6.04 Å². The van der Waals surface area contributed by atoms with Crippen molar-refractivity contribution < 1.29 is 19.4 Å². The molecule has 1 saturated heterocycles. The Morgan fingerprint density at radius 1 is 1.37 bits per heavy atom. The Morgan fingerprint density at radius 2 is 2.00 bits per heavy atom. The summed E-state index contributed by atoms with van der Waals surface area (Å²) >= 11 is 0. The highest BCUT2D eigenvalue weighted by molar-refractivity contribution is 5.85. The van der Waals surface area contributed by atoms with E-state index in [1.807, 2.05) is 27.7 Å². The van der Waals surface area contributed by atoms with Crippen molar-refractivity contribution in [1.29, 1.82) is 0 Å². The van der Waals surface area contributed by atoms with E-state index in [0.717, 1.165) is 0 Å². The van der Waals surface area contributed by atoms with Crippen LogP contribution >= 0.6 is 0 Å². The summed E-state index contributed by atoms with van der Waals surface area (Å²) in [6.07, 6.45) is 1.28. The summed E-state index contributed by atoms with van der Waals surface area (Å²) < 4.78 is 5.57. The summed E-state index contributed by atoms with van der Waals surface area (Å²) in [4.78, 5) is 23.5. The first-order valence-electron chi connectivity index (χ1n) is 7.03. The number of carbonyl (C=O) groups is 2. The van der Waals surface area contributed by atoms with E-state index in [-0.39, 0.29) is 29.8 Å². The van der Waals surface area contributed by atoms with Gasteiger partial charge in [0.05, 0.1) is 12.0 Å². The van der Waals surface area contributed by atoms with Gasteiger partial charge in [-0.2, -0.15) is 0 Å². The lowest BCUT2D eigenvalue weighted by molar-refractivity contribution is -0.144. The van der Waals surface area contributed by atoms with Gasteiger partial charge >= 0.3 is 5.97 Å². The van der Waals surface area contributed by atoms with E-state index < -0.39 is 12.0 Å². The number of amides is 1. The number of carbonyl (C=O) groups excluding carboxylic acids is 1. The maximum absolute atomic E-state index is 12.2. The lowest BCUT2D eigenvalue weighted by Crippen LogP contribution is -2.49. The van der Waals surface area contributed by atoms with Crippen molar-refractivity contribution in [2.24, 2.45) is 17.8 Å². The van der Waals surface area contributed by atoms with Crippen LogP contribution in [-0.2, 0) is 14.3 Å². The number of nitrogens with one attached hydrogen (secondary N) is 1. The van der Waals surface area contributed by atoms with Gasteiger partial charge in [-0.05, 0) is 18.3 Å². The van der Waals surface area contributed by atoms with Gasteiger partial charge in [-0.1, -0.05) is 34.1 Å². The second-order valence-corrected chi connectivity index (χ2v) is 5.68. The predicted octanol–water partition coefficient (Wildman–Crippen LogP) is 1.66. The fourth-order valence-electron chi connectivity index (χ4n) is 2.49. The first-order valence-corrected chi connectivity index (χ1v) is 7.03. The molecule has 1 amide bonds. The number of ether oxygens (including phenoxy) is 1. The minimum atomic E-state index is -0.970. The van der Waals surface area contributed by atoms with Crippen LogP contribution in [0, 0.1) is 17.8 Å². The Kier molecular flexibility index (Phi) is 5.79. The number of aliphatic carboxylic acids is 1. The van der Waals surface area contributed by atoms with Crippen molar-refractivity contribution in [3.63, 3.8) is 0 Å². The standard InChI is InChI=1S/C14H25NO4/c1-5-9(4)11(14(17)18)15-13(16)10-6-7-19-12(10)8(2)3/h8-12H,5-7H2,1-4H3,(H,15,16)(H,17,18)/t9-,10?,11-,12?/m0/s1. The molecule has 1 aliphatic heterocycles. The van der Waals surface area contributed by atoms with E-state index in [9.17, 15) is 14.7 Å². The summed E-state index contributed by atoms with van der Waals surface area (Å²) in [6, 6.07) is -0.814. The quantitative estimate of drug-likeness (QED) is 0.770. The molecule has 0 bridgehead atoms. The molecule has 110 valence electrons. The number of hydrogen-bond donors (Lipinski definition) is 2. The normalized spacial score (nSPS) is 26.2. The molecule has 19 heavy (non-hydrogen) atoms. The van der Waals surface area contributed by atoms with Crippen LogP contribution in [0.25, 0.3) is 0 Å². The molecule has 0 aromatic carbocycles. The van der Waals surface area contributed by atoms with Gasteiger partial charge in [0.2, 0.25) is 5.91 Å². The molecule has 4 atom stereocenters. The van der Waals surface area contributed by atoms with Gasteiger partial charge in [0, 0.05) is 6.61 Å². The van der Waals surface area contributed by atoms with Crippen molar-refractivity contribution in [2.75, 3.05) is 6.61 Å². The van der Waals surface area contributed by atoms with Gasteiger partial charge in [-0.15, -0.1) is 0 Å². The minimum Gasteiger partial charge on any atom is -0.480 e. The SMILES string of the molecule is CC[C@H](C)[C@H](NC(=O)C1CCOC1C(C)C)C(=O)O. The molecule has 1 rings (SSSR count). The number of carboxylic acids is 1. The van der Waals surface area contributed by atoms with Crippen LogP contribution in [0.15, 0.2) is 0 Å². The van der Waals surface area contributed by atoms with Gasteiger partial charge in [0.15, 0.2) is 0 Å². The molecule has 0 aromatic heterocycles. The number of rotatable bonds is 6. The Labute approximate surface area is 114 Å². The molecular formula is C14H25NO4. The fourth-order valence-corrected chi connectivity index (χ4v) is 2.49. The third kappa shape index (κ3) is 3.93. The topological polar surface area (TPSA) is 75.6 Å². The molecular weight excluding hydrogens is 246 g/mol. The molecule has 5 nitrogen and oxygen atoms in total. The fraction of sp³-hybridized carbons (Fsp3) is 0.857. The second-order valence-electron chi connectivity index (χ2n) is 5.68. The Bertz CT molecular complexity index is 329. The number of hydrogen-bond acceptors (Lipinski definition) is 3. The van der Waals surface area contributed by atoms with E-state index in [1.165, 1.54) is 0 Å². The summed E-state index contributed by atoms with van der Waals surface area (Å²) in [7, 11) is 0. The number of carboxylic acid groups (broad SMARTS) is 1. The zero-order valence-electron chi connectivity index (χ0n) is 12.2. The average Bonchev–Trinajstić information content (AvgIpc) is 2.83. The zero-order valence-corrected chi connectivity index (χ0v) is 12.2. The van der Waals surface area contributed by atoms with Crippen LogP contribution in [0.2, 0.25) is 0 Å². The van der Waals surface area contributed by atoms with Crippen LogP contribution in [0.5, 0.6) is 0 Å². The minimum absolute atomic E-state index is 0.0822. The second kappa shape index (κ2) is 6.89. The van der Waals surface area contributed by atoms with Crippen molar-refractivity contribution >= 4 is 11.9 Å². The largest absolute Gasteiger partial charge is 0.480 e. The van der Waals surface area contributed by atoms with Crippen molar-refractivity contribution in [2.45, 2.75) is 52.7 Å². The summed E-state index contributed by atoms with van der Waals surface area (Å²) in [5.41, 5.74) is 0. The van der Waals surface area contributed by atoms with Gasteiger partial charge in [-0.3, -0.25) is 4.79 Å². The molecule has 0 saturated carbocycles. The maximum atomic E-state index is 12.2. The summed E-state index contributed by atoms with van der Waals surface area (Å²) in [6.45, 7) is 8.35. The van der Waals surface area contributed by atoms with Gasteiger partial charge < -0.3 is 15.2 Å². The van der Waals surface area contributed by atoms with E-state index in [2.05, 4.69) is 5.32 Å². The summed E-state index contributed by atoms with van der Waals surface area (Å²) in [5, 5.41) is 11.9. The average molecular weight is 271 g/mol. The molecule has 2 N–H and O–H groups in total. The van der Waals surface area contributed by atoms with Crippen molar-refractivity contribution in [3.05, 3.63) is 0 Å². The molecule has 0 aromatic rings. The van der Waals surface area contributed by atoms with Gasteiger partial charge in [0.25, 0.3) is 0 Å². The third-order valence-corrected chi connectivity index (χ3v) is 3.91. The van der Waals surface area contributed by atoms with Crippen molar-refractivity contribution in [3.8, 4) is 0 Å². The Morgan fingerprint density at radius 3 is 2.47 bits per heavy atom. The molecule has 2 unspecified atom stereocenters. The first kappa shape index (κ1) is 16.0. The van der Waals surface area contributed by atoms with Gasteiger partial charge in [-0.25, -0.2) is 4.79 Å². The molecule has 5 heteroatoms. The lowest BCUT2D eigenvalue weighted by Gasteiger charge is -2.25. The Hall–Kier alpha value is -1.10. The smallest absolute Gasteiger partial charge is 0.326 e. The molecule has 0 radical (unpaired) electrons. The van der Waals surface area contributed by atoms with Crippen LogP contribution in [-0.4, -0.2) is 35.7 Å². The first-order chi connectivity index (χ1) is 8.88. The van der Waals surface area contributed by atoms with Crippen LogP contribution in [0.3, 0.4) is 0 Å². The highest BCUT2D eigenvalue weighted by atomic mass is 16.5. The molecule has 0 aliphatic carbocycles. The van der Waals surface area contributed by atoms with E-state index in [4.69, 9.17) is 4.74 Å². The maximum Gasteiger partial charge on any atom is 0.326 e. The summed E-state index contributed by atoms with van der Waals surface area (Å²) in [5.74, 6) is -1.22. The monoisotopic (exact) mass is 271 g/mol. The Balaban J connectivity index is 2.69. The predicted molar refractivity (Wildman–Crippen MR) is 71.7 cm³/mol. The highest BCUT2D eigenvalue weighted by Crippen LogP contribution is 2.27. The third-order valence-electron chi connectivity index (χ3n) is 3.91. The van der Waals surface area contributed by atoms with E-state index in [0.29, 0.717) is 19.4 Å². The molecule has 1 aliphatic rings. The van der Waals surface area contributed by atoms with Crippen LogP contribution < -0.4 is 5.32 Å². The lowest BCUT2D eigenvalue weighted by atomic mass is 9.91.